The van der Waals surface area contributed by atoms with Crippen LogP contribution in [0.3, 0.4) is 0 Å². The monoisotopic (exact) mass is 347 g/mol. The second-order valence-corrected chi connectivity index (χ2v) is 8.33. The van der Waals surface area contributed by atoms with E-state index in [-0.39, 0.29) is 4.90 Å². The Labute approximate surface area is 133 Å². The Kier molecular flexibility index (Phi) is 5.46. The van der Waals surface area contributed by atoms with E-state index in [1.54, 1.807) is 12.3 Å². The molecule has 0 amide bonds. The van der Waals surface area contributed by atoms with Crippen LogP contribution in [-0.4, -0.2) is 31.1 Å². The lowest BCUT2D eigenvalue weighted by Crippen LogP contribution is -1.99. The molecule has 0 unspecified atom stereocenters. The van der Waals surface area contributed by atoms with Crippen molar-refractivity contribution in [3.63, 3.8) is 0 Å². The molecular formula is C14H18ClNO3S2. The maximum absolute atomic E-state index is 11.8. The fourth-order valence-electron chi connectivity index (χ4n) is 2.24. The van der Waals surface area contributed by atoms with Crippen molar-refractivity contribution in [1.82, 2.24) is 4.57 Å². The minimum atomic E-state index is -3.82. The summed E-state index contributed by atoms with van der Waals surface area (Å²) >= 11 is 1.81. The molecule has 0 fully saturated rings. The Morgan fingerprint density at radius 3 is 2.71 bits per heavy atom. The zero-order chi connectivity index (χ0) is 15.5. The number of fused-ring (bicyclic) bond motifs is 1. The number of hydrogen-bond donors (Lipinski definition) is 0. The van der Waals surface area contributed by atoms with Gasteiger partial charge in [-0.05, 0) is 24.8 Å². The molecule has 0 aliphatic rings. The van der Waals surface area contributed by atoms with Crippen LogP contribution in [0.5, 0.6) is 5.75 Å². The fourth-order valence-corrected chi connectivity index (χ4v) is 3.90. The third-order valence-corrected chi connectivity index (χ3v) is 5.29. The van der Waals surface area contributed by atoms with Crippen molar-refractivity contribution in [2.75, 3.05) is 18.1 Å². The van der Waals surface area contributed by atoms with Crippen molar-refractivity contribution in [2.24, 2.45) is 0 Å². The highest BCUT2D eigenvalue weighted by Crippen LogP contribution is 2.35. The van der Waals surface area contributed by atoms with Gasteiger partial charge >= 0.3 is 0 Å². The van der Waals surface area contributed by atoms with Crippen molar-refractivity contribution in [3.8, 4) is 5.75 Å². The first-order valence-corrected chi connectivity index (χ1v) is 10.2. The van der Waals surface area contributed by atoms with E-state index in [9.17, 15) is 8.42 Å². The third-order valence-electron chi connectivity index (χ3n) is 3.08. The zero-order valence-electron chi connectivity index (χ0n) is 12.0. The lowest BCUT2D eigenvalue weighted by molar-refractivity contribution is 0.344. The highest BCUT2D eigenvalue weighted by Gasteiger charge is 2.21. The second-order valence-electron chi connectivity index (χ2n) is 4.40. The highest BCUT2D eigenvalue weighted by molar-refractivity contribution is 8.14. The van der Waals surface area contributed by atoms with Gasteiger partial charge < -0.3 is 9.30 Å². The van der Waals surface area contributed by atoms with E-state index in [0.717, 1.165) is 23.6 Å². The van der Waals surface area contributed by atoms with Crippen molar-refractivity contribution in [2.45, 2.75) is 25.3 Å². The Balaban J connectivity index is 2.59. The number of benzene rings is 1. The first-order valence-electron chi connectivity index (χ1n) is 6.76. The van der Waals surface area contributed by atoms with Gasteiger partial charge in [0.25, 0.3) is 9.05 Å². The molecule has 116 valence electrons. The minimum Gasteiger partial charge on any atom is -0.493 e. The molecule has 0 N–H and O–H groups in total. The average molecular weight is 348 g/mol. The van der Waals surface area contributed by atoms with Crippen molar-refractivity contribution < 1.29 is 13.2 Å². The van der Waals surface area contributed by atoms with E-state index < -0.39 is 9.05 Å². The van der Waals surface area contributed by atoms with Crippen molar-refractivity contribution in [3.05, 3.63) is 24.4 Å². The van der Waals surface area contributed by atoms with E-state index in [4.69, 9.17) is 15.4 Å². The Hall–Kier alpha value is -0.850. The quantitative estimate of drug-likeness (QED) is 0.565. The van der Waals surface area contributed by atoms with Gasteiger partial charge in [0.15, 0.2) is 0 Å². The van der Waals surface area contributed by atoms with Gasteiger partial charge in [0.1, 0.15) is 10.6 Å². The molecular weight excluding hydrogens is 330 g/mol. The number of nitrogens with zero attached hydrogens (tertiary/aromatic N) is 1. The molecule has 4 nitrogen and oxygen atoms in total. The predicted octanol–water partition coefficient (Wildman–Crippen LogP) is 3.72. The smallest absolute Gasteiger partial charge is 0.263 e. The van der Waals surface area contributed by atoms with Crippen LogP contribution in [0, 0.1) is 0 Å². The average Bonchev–Trinajstić information content (AvgIpc) is 2.80. The summed E-state index contributed by atoms with van der Waals surface area (Å²) < 4.78 is 31.2. The molecule has 0 spiro atoms. The first-order chi connectivity index (χ1) is 9.99. The van der Waals surface area contributed by atoms with Gasteiger partial charge in [-0.2, -0.15) is 11.8 Å². The SMILES string of the molecule is CCOc1cccc2c1c(S(=O)(=O)Cl)cn2CCSCC. The molecule has 7 heteroatoms. The summed E-state index contributed by atoms with van der Waals surface area (Å²) in [6, 6.07) is 5.52. The molecule has 0 aliphatic heterocycles. The van der Waals surface area contributed by atoms with Crippen LogP contribution in [0.1, 0.15) is 13.8 Å². The Morgan fingerprint density at radius 1 is 1.33 bits per heavy atom. The van der Waals surface area contributed by atoms with Gasteiger partial charge in [-0.3, -0.25) is 0 Å². The first kappa shape index (κ1) is 16.5. The highest BCUT2D eigenvalue weighted by atomic mass is 35.7. The standard InChI is InChI=1S/C14H18ClNO3S2/c1-3-19-12-7-5-6-11-14(12)13(21(15,17)18)10-16(11)8-9-20-4-2/h5-7,10H,3-4,8-9H2,1-2H3. The number of halogens is 1. The molecule has 1 heterocycles. The number of thioether (sulfide) groups is 1. The van der Waals surface area contributed by atoms with Gasteiger partial charge in [0, 0.05) is 29.2 Å². The fraction of sp³-hybridized carbons (Fsp3) is 0.429. The third kappa shape index (κ3) is 3.67. The van der Waals surface area contributed by atoms with Gasteiger partial charge in [-0.15, -0.1) is 0 Å². The van der Waals surface area contributed by atoms with Crippen LogP contribution >= 0.6 is 22.4 Å². The number of aromatic nitrogens is 1. The predicted molar refractivity (Wildman–Crippen MR) is 89.1 cm³/mol. The van der Waals surface area contributed by atoms with E-state index in [2.05, 4.69) is 6.92 Å². The van der Waals surface area contributed by atoms with Crippen LogP contribution in [-0.2, 0) is 15.6 Å². The normalized spacial score (nSPS) is 12.0. The van der Waals surface area contributed by atoms with Gasteiger partial charge in [0.05, 0.1) is 17.5 Å². The molecule has 1 aromatic carbocycles. The summed E-state index contributed by atoms with van der Waals surface area (Å²) in [5.74, 6) is 2.50. The molecule has 0 saturated heterocycles. The second kappa shape index (κ2) is 6.94. The summed E-state index contributed by atoms with van der Waals surface area (Å²) in [5.41, 5.74) is 0.830. The summed E-state index contributed by atoms with van der Waals surface area (Å²) in [5, 5.41) is 0.566. The van der Waals surface area contributed by atoms with Crippen molar-refractivity contribution in [1.29, 1.82) is 0 Å². The largest absolute Gasteiger partial charge is 0.493 e. The molecule has 2 rings (SSSR count). The molecule has 0 bridgehead atoms. The van der Waals surface area contributed by atoms with Crippen LogP contribution < -0.4 is 4.74 Å². The van der Waals surface area contributed by atoms with Crippen LogP contribution in [0.15, 0.2) is 29.3 Å². The summed E-state index contributed by atoms with van der Waals surface area (Å²) in [4.78, 5) is 0.115. The van der Waals surface area contributed by atoms with Crippen molar-refractivity contribution >= 4 is 42.4 Å². The zero-order valence-corrected chi connectivity index (χ0v) is 14.4. The molecule has 0 radical (unpaired) electrons. The molecule has 1 aromatic heterocycles. The maximum atomic E-state index is 11.8. The molecule has 0 saturated carbocycles. The molecule has 0 aliphatic carbocycles. The number of hydrogen-bond acceptors (Lipinski definition) is 4. The number of aryl methyl sites for hydroxylation is 1. The lowest BCUT2D eigenvalue weighted by Gasteiger charge is -2.07. The Bertz CT molecular complexity index is 725. The van der Waals surface area contributed by atoms with Crippen LogP contribution in [0.25, 0.3) is 10.9 Å². The minimum absolute atomic E-state index is 0.115. The topological polar surface area (TPSA) is 48.3 Å². The van der Waals surface area contributed by atoms with E-state index >= 15 is 0 Å². The van der Waals surface area contributed by atoms with E-state index in [1.807, 2.05) is 35.4 Å². The molecule has 21 heavy (non-hydrogen) atoms. The van der Waals surface area contributed by atoms with Gasteiger partial charge in [-0.1, -0.05) is 13.0 Å². The lowest BCUT2D eigenvalue weighted by atomic mass is 10.2. The maximum Gasteiger partial charge on any atom is 0.263 e. The summed E-state index contributed by atoms with van der Waals surface area (Å²) in [6.45, 7) is 5.16. The summed E-state index contributed by atoms with van der Waals surface area (Å²) in [7, 11) is 1.77. The number of rotatable bonds is 7. The van der Waals surface area contributed by atoms with E-state index in [0.29, 0.717) is 17.7 Å². The van der Waals surface area contributed by atoms with Crippen LogP contribution in [0.2, 0.25) is 0 Å². The van der Waals surface area contributed by atoms with Gasteiger partial charge in [-0.25, -0.2) is 8.42 Å². The number of ether oxygens (including phenoxy) is 1. The summed E-state index contributed by atoms with van der Waals surface area (Å²) in [6.07, 6.45) is 1.60. The Morgan fingerprint density at radius 2 is 2.10 bits per heavy atom. The van der Waals surface area contributed by atoms with Crippen LogP contribution in [0.4, 0.5) is 0 Å². The molecule has 2 aromatic rings. The van der Waals surface area contributed by atoms with Gasteiger partial charge in [0.2, 0.25) is 0 Å². The molecule has 0 atom stereocenters. The van der Waals surface area contributed by atoms with E-state index in [1.165, 1.54) is 0 Å².